The van der Waals surface area contributed by atoms with Gasteiger partial charge in [-0.15, -0.1) is 0 Å². The van der Waals surface area contributed by atoms with E-state index in [0.29, 0.717) is 37.3 Å². The van der Waals surface area contributed by atoms with Crippen molar-refractivity contribution in [1.29, 1.82) is 0 Å². The van der Waals surface area contributed by atoms with E-state index < -0.39 is 4.92 Å². The minimum absolute atomic E-state index is 0.0158. The summed E-state index contributed by atoms with van der Waals surface area (Å²) in [7, 11) is 0. The Morgan fingerprint density at radius 1 is 1.26 bits per heavy atom. The van der Waals surface area contributed by atoms with Gasteiger partial charge in [0.15, 0.2) is 0 Å². The fourth-order valence-corrected chi connectivity index (χ4v) is 3.05. The van der Waals surface area contributed by atoms with Gasteiger partial charge in [0.1, 0.15) is 12.8 Å². The molecule has 9 nitrogen and oxygen atoms in total. The van der Waals surface area contributed by atoms with Crippen LogP contribution in [0, 0.1) is 10.1 Å². The first-order valence-electron chi connectivity index (χ1n) is 9.05. The Morgan fingerprint density at radius 3 is 2.74 bits per heavy atom. The van der Waals surface area contributed by atoms with Crippen LogP contribution in [0.3, 0.4) is 0 Å². The summed E-state index contributed by atoms with van der Waals surface area (Å²) >= 11 is 0. The zero-order valence-corrected chi connectivity index (χ0v) is 14.8. The number of benzene rings is 1. The van der Waals surface area contributed by atoms with E-state index in [9.17, 15) is 14.9 Å². The third-order valence-electron chi connectivity index (χ3n) is 4.74. The van der Waals surface area contributed by atoms with Crippen LogP contribution in [0.4, 0.5) is 5.82 Å². The Hall–Kier alpha value is -2.94. The van der Waals surface area contributed by atoms with Gasteiger partial charge in [-0.05, 0) is 35.5 Å². The molecule has 2 aliphatic rings. The molecule has 2 heterocycles. The second kappa shape index (κ2) is 7.36. The van der Waals surface area contributed by atoms with Crippen LogP contribution in [-0.4, -0.2) is 51.0 Å². The lowest BCUT2D eigenvalue weighted by Gasteiger charge is -2.24. The lowest BCUT2D eigenvalue weighted by molar-refractivity contribution is -0.389. The molecular formula is C18H21N5O4. The van der Waals surface area contributed by atoms with Crippen LogP contribution >= 0.6 is 0 Å². The highest BCUT2D eigenvalue weighted by molar-refractivity contribution is 5.94. The molecule has 1 aromatic carbocycles. The van der Waals surface area contributed by atoms with E-state index >= 15 is 0 Å². The smallest absolute Gasteiger partial charge is 0.414 e. The minimum atomic E-state index is -0.514. The fourth-order valence-electron chi connectivity index (χ4n) is 3.05. The van der Waals surface area contributed by atoms with Crippen LogP contribution in [0.25, 0.3) is 0 Å². The van der Waals surface area contributed by atoms with E-state index in [0.717, 1.165) is 31.5 Å². The highest BCUT2D eigenvalue weighted by Gasteiger charge is 2.24. The minimum Gasteiger partial charge on any atom is -0.444 e. The van der Waals surface area contributed by atoms with Gasteiger partial charge >= 0.3 is 11.8 Å². The summed E-state index contributed by atoms with van der Waals surface area (Å²) in [5.74, 6) is -0.212. The summed E-state index contributed by atoms with van der Waals surface area (Å²) in [6.45, 7) is 3.13. The van der Waals surface area contributed by atoms with Crippen molar-refractivity contribution in [2.75, 3.05) is 19.7 Å². The van der Waals surface area contributed by atoms with Crippen LogP contribution in [0.5, 0.6) is 6.01 Å². The first kappa shape index (κ1) is 17.5. The number of amides is 1. The van der Waals surface area contributed by atoms with Gasteiger partial charge in [-0.1, -0.05) is 12.1 Å². The molecule has 1 saturated carbocycles. The number of imidazole rings is 1. The Kier molecular flexibility index (Phi) is 4.76. The summed E-state index contributed by atoms with van der Waals surface area (Å²) in [6, 6.07) is 8.29. The van der Waals surface area contributed by atoms with Crippen molar-refractivity contribution in [2.45, 2.75) is 32.0 Å². The van der Waals surface area contributed by atoms with Crippen molar-refractivity contribution in [3.05, 3.63) is 51.7 Å². The largest absolute Gasteiger partial charge is 0.444 e. The normalized spacial score (nSPS) is 17.3. The zero-order valence-electron chi connectivity index (χ0n) is 14.8. The van der Waals surface area contributed by atoms with Gasteiger partial charge in [-0.3, -0.25) is 14.3 Å². The van der Waals surface area contributed by atoms with Crippen molar-refractivity contribution in [1.82, 2.24) is 19.8 Å². The van der Waals surface area contributed by atoms with E-state index in [1.165, 1.54) is 6.20 Å². The molecule has 0 saturated heterocycles. The SMILES string of the molecule is O=C(NC1CC1)c1ccc(CN2CCOc3nc([N+](=O)[O-])cn3CC2)cc1. The maximum Gasteiger partial charge on any atom is 0.414 e. The molecule has 142 valence electrons. The van der Waals surface area contributed by atoms with Gasteiger partial charge in [0.25, 0.3) is 5.91 Å². The molecule has 0 spiro atoms. The van der Waals surface area contributed by atoms with E-state index in [-0.39, 0.29) is 11.7 Å². The first-order valence-corrected chi connectivity index (χ1v) is 9.05. The lowest BCUT2D eigenvalue weighted by Crippen LogP contribution is -2.33. The molecule has 2 aromatic rings. The molecule has 1 aliphatic heterocycles. The van der Waals surface area contributed by atoms with E-state index in [1.807, 2.05) is 24.3 Å². The van der Waals surface area contributed by atoms with E-state index in [4.69, 9.17) is 4.74 Å². The van der Waals surface area contributed by atoms with E-state index in [1.54, 1.807) is 4.57 Å². The Labute approximate surface area is 156 Å². The first-order chi connectivity index (χ1) is 13.1. The van der Waals surface area contributed by atoms with Crippen molar-refractivity contribution in [2.24, 2.45) is 0 Å². The van der Waals surface area contributed by atoms with Crippen LogP contribution < -0.4 is 10.1 Å². The summed E-state index contributed by atoms with van der Waals surface area (Å²) in [6.07, 6.45) is 3.55. The number of nitro groups is 1. The molecule has 0 unspecified atom stereocenters. The molecule has 1 aromatic heterocycles. The fraction of sp³-hybridized carbons (Fsp3) is 0.444. The Morgan fingerprint density at radius 2 is 2.04 bits per heavy atom. The van der Waals surface area contributed by atoms with Gasteiger partial charge in [-0.25, -0.2) is 0 Å². The number of carbonyl (C=O) groups is 1. The van der Waals surface area contributed by atoms with Gasteiger partial charge in [-0.2, -0.15) is 0 Å². The highest BCUT2D eigenvalue weighted by Crippen LogP contribution is 2.20. The molecule has 4 rings (SSSR count). The van der Waals surface area contributed by atoms with E-state index in [2.05, 4.69) is 15.2 Å². The van der Waals surface area contributed by atoms with Crippen molar-refractivity contribution < 1.29 is 14.5 Å². The van der Waals surface area contributed by atoms with Crippen LogP contribution in [0.2, 0.25) is 0 Å². The molecule has 1 fully saturated rings. The second-order valence-electron chi connectivity index (χ2n) is 6.90. The van der Waals surface area contributed by atoms with Crippen molar-refractivity contribution in [3.8, 4) is 6.01 Å². The van der Waals surface area contributed by atoms with Crippen LogP contribution in [0.1, 0.15) is 28.8 Å². The number of aromatic nitrogens is 2. The van der Waals surface area contributed by atoms with Gasteiger partial charge in [0.2, 0.25) is 0 Å². The number of rotatable bonds is 5. The molecule has 1 aliphatic carbocycles. The molecule has 9 heteroatoms. The third kappa shape index (κ3) is 4.25. The Bertz CT molecular complexity index is 844. The number of hydrogen-bond donors (Lipinski definition) is 1. The van der Waals surface area contributed by atoms with Gasteiger partial charge < -0.3 is 20.2 Å². The lowest BCUT2D eigenvalue weighted by atomic mass is 10.1. The number of fused-ring (bicyclic) bond motifs is 1. The molecular weight excluding hydrogens is 350 g/mol. The third-order valence-corrected chi connectivity index (χ3v) is 4.74. The number of hydrogen-bond acceptors (Lipinski definition) is 6. The average Bonchev–Trinajstić information content (AvgIpc) is 3.36. The molecule has 1 amide bonds. The number of carbonyl (C=O) groups excluding carboxylic acids is 1. The number of ether oxygens (including phenoxy) is 1. The highest BCUT2D eigenvalue weighted by atomic mass is 16.6. The maximum atomic E-state index is 12.1. The standard InChI is InChI=1S/C18H21N5O4/c24-17(19-15-5-6-15)14-3-1-13(2-4-14)11-21-7-8-22-12-16(23(25)26)20-18(22)27-10-9-21/h1-4,12,15H,5-11H2,(H,19,24). The maximum absolute atomic E-state index is 12.1. The van der Waals surface area contributed by atoms with Crippen molar-refractivity contribution in [3.63, 3.8) is 0 Å². The summed E-state index contributed by atoms with van der Waals surface area (Å²) in [4.78, 5) is 28.5. The predicted octanol–water partition coefficient (Wildman–Crippen LogP) is 1.58. The molecule has 1 N–H and O–H groups in total. The molecule has 0 radical (unpaired) electrons. The topological polar surface area (TPSA) is 103 Å². The molecule has 0 atom stereocenters. The average molecular weight is 371 g/mol. The predicted molar refractivity (Wildman–Crippen MR) is 96.6 cm³/mol. The quantitative estimate of drug-likeness (QED) is 0.632. The molecule has 0 bridgehead atoms. The van der Waals surface area contributed by atoms with Gasteiger partial charge in [0, 0.05) is 42.8 Å². The van der Waals surface area contributed by atoms with Gasteiger partial charge in [0.05, 0.1) is 0 Å². The zero-order chi connectivity index (χ0) is 18.8. The summed E-state index contributed by atoms with van der Waals surface area (Å²) in [5.41, 5.74) is 1.78. The summed E-state index contributed by atoms with van der Waals surface area (Å²) in [5, 5.41) is 13.9. The molecule has 27 heavy (non-hydrogen) atoms. The number of nitrogens with zero attached hydrogens (tertiary/aromatic N) is 4. The van der Waals surface area contributed by atoms with Crippen molar-refractivity contribution >= 4 is 11.7 Å². The van der Waals surface area contributed by atoms with Crippen LogP contribution in [0.15, 0.2) is 30.5 Å². The summed E-state index contributed by atoms with van der Waals surface area (Å²) < 4.78 is 7.25. The second-order valence-corrected chi connectivity index (χ2v) is 6.90. The Balaban J connectivity index is 1.36. The monoisotopic (exact) mass is 371 g/mol. The number of nitrogens with one attached hydrogen (secondary N) is 1. The van der Waals surface area contributed by atoms with Crippen LogP contribution in [-0.2, 0) is 13.1 Å².